The first-order valence-electron chi connectivity index (χ1n) is 7.08. The first-order chi connectivity index (χ1) is 11.0. The summed E-state index contributed by atoms with van der Waals surface area (Å²) >= 11 is 1.69. The topological polar surface area (TPSA) is 86.5 Å². The molecule has 0 aliphatic heterocycles. The second-order valence-corrected chi connectivity index (χ2v) is 6.77. The molecule has 2 aromatic rings. The molecule has 0 fully saturated rings. The molecule has 0 atom stereocenters. The third kappa shape index (κ3) is 2.23. The first kappa shape index (κ1) is 15.0. The van der Waals surface area contributed by atoms with Gasteiger partial charge in [-0.25, -0.2) is 4.98 Å². The van der Waals surface area contributed by atoms with Gasteiger partial charge in [-0.2, -0.15) is 10.5 Å². The summed E-state index contributed by atoms with van der Waals surface area (Å²) in [5.74, 6) is 0.178. The van der Waals surface area contributed by atoms with Crippen molar-refractivity contribution in [2.75, 3.05) is 5.73 Å². The lowest BCUT2D eigenvalue weighted by molar-refractivity contribution is 1.22. The molecule has 0 amide bonds. The lowest BCUT2D eigenvalue weighted by Crippen LogP contribution is -2.03. The molecule has 0 radical (unpaired) electrons. The van der Waals surface area contributed by atoms with Gasteiger partial charge < -0.3 is 5.73 Å². The molecule has 0 saturated carbocycles. The van der Waals surface area contributed by atoms with Gasteiger partial charge in [-0.05, 0) is 55.7 Å². The summed E-state index contributed by atoms with van der Waals surface area (Å²) in [6.07, 6.45) is 2.06. The first-order valence-corrected chi connectivity index (χ1v) is 7.90. The Balaban J connectivity index is 2.34. The van der Waals surface area contributed by atoms with Gasteiger partial charge >= 0.3 is 0 Å². The minimum absolute atomic E-state index is 0.178. The summed E-state index contributed by atoms with van der Waals surface area (Å²) in [4.78, 5) is 6.65. The van der Waals surface area contributed by atoms with E-state index in [0.29, 0.717) is 16.8 Å². The maximum absolute atomic E-state index is 9.50. The fourth-order valence-electron chi connectivity index (χ4n) is 2.87. The molecule has 2 N–H and O–H groups in total. The predicted octanol–water partition coefficient (Wildman–Crippen LogP) is 4.07. The fraction of sp³-hybridized carbons (Fsp3) is 0.167. The molecule has 0 spiro atoms. The molecule has 112 valence electrons. The highest BCUT2D eigenvalue weighted by Gasteiger charge is 2.29. The van der Waals surface area contributed by atoms with Crippen LogP contribution in [-0.2, 0) is 0 Å². The van der Waals surface area contributed by atoms with Crippen LogP contribution in [0, 0.1) is 36.5 Å². The van der Waals surface area contributed by atoms with Gasteiger partial charge in [-0.15, -0.1) is 11.3 Å². The largest absolute Gasteiger partial charge is 0.383 e. The number of pyridine rings is 1. The van der Waals surface area contributed by atoms with E-state index in [1.807, 2.05) is 13.8 Å². The van der Waals surface area contributed by atoms with E-state index in [1.165, 1.54) is 4.88 Å². The monoisotopic (exact) mass is 318 g/mol. The third-order valence-corrected chi connectivity index (χ3v) is 4.98. The van der Waals surface area contributed by atoms with Gasteiger partial charge in [-0.1, -0.05) is 0 Å². The molecule has 23 heavy (non-hydrogen) atoms. The van der Waals surface area contributed by atoms with E-state index < -0.39 is 0 Å². The number of thiophene rings is 1. The molecule has 0 saturated heterocycles. The molecule has 0 unspecified atom stereocenters. The molecule has 3 rings (SSSR count). The van der Waals surface area contributed by atoms with E-state index in [1.54, 1.807) is 11.3 Å². The van der Waals surface area contributed by atoms with E-state index in [2.05, 4.69) is 42.3 Å². The summed E-state index contributed by atoms with van der Waals surface area (Å²) in [6, 6.07) is 8.45. The summed E-state index contributed by atoms with van der Waals surface area (Å²) in [6.45, 7) is 5.82. The van der Waals surface area contributed by atoms with Gasteiger partial charge in [0.15, 0.2) is 0 Å². The second-order valence-electron chi connectivity index (χ2n) is 5.45. The number of hydrogen-bond acceptors (Lipinski definition) is 5. The Labute approximate surface area is 138 Å². The Morgan fingerprint density at radius 3 is 2.48 bits per heavy atom. The Morgan fingerprint density at radius 2 is 1.91 bits per heavy atom. The maximum Gasteiger partial charge on any atom is 0.142 e. The zero-order chi connectivity index (χ0) is 16.7. The molecule has 1 aliphatic rings. The SMILES string of the molecule is CC1=C(C#N)c2nc(N)c(C#N)c(C)c2/C1=C/c1ccc(C)s1. The summed E-state index contributed by atoms with van der Waals surface area (Å²) in [7, 11) is 0. The molecule has 1 aliphatic carbocycles. The van der Waals surface area contributed by atoms with Crippen molar-refractivity contribution in [3.8, 4) is 12.1 Å². The Bertz CT molecular complexity index is 978. The van der Waals surface area contributed by atoms with Gasteiger partial charge in [0.1, 0.15) is 18.0 Å². The number of aromatic nitrogens is 1. The van der Waals surface area contributed by atoms with Gasteiger partial charge in [0, 0.05) is 15.3 Å². The molecular weight excluding hydrogens is 304 g/mol. The zero-order valence-corrected chi connectivity index (χ0v) is 13.9. The van der Waals surface area contributed by atoms with E-state index in [9.17, 15) is 10.5 Å². The number of nitrogens with zero attached hydrogens (tertiary/aromatic N) is 3. The van der Waals surface area contributed by atoms with Crippen LogP contribution in [0.4, 0.5) is 5.82 Å². The van der Waals surface area contributed by atoms with Crippen LogP contribution in [0.15, 0.2) is 17.7 Å². The molecule has 2 heterocycles. The normalized spacial score (nSPS) is 14.7. The number of nitriles is 2. The Morgan fingerprint density at radius 1 is 1.17 bits per heavy atom. The molecular formula is C18H14N4S. The van der Waals surface area contributed by atoms with E-state index in [0.717, 1.165) is 27.2 Å². The smallest absolute Gasteiger partial charge is 0.142 e. The fourth-order valence-corrected chi connectivity index (χ4v) is 3.69. The van der Waals surface area contributed by atoms with Crippen LogP contribution in [0.2, 0.25) is 0 Å². The van der Waals surface area contributed by atoms with Crippen molar-refractivity contribution in [3.63, 3.8) is 0 Å². The number of aryl methyl sites for hydroxylation is 1. The second kappa shape index (κ2) is 5.39. The van der Waals surface area contributed by atoms with Crippen molar-refractivity contribution in [2.45, 2.75) is 20.8 Å². The molecule has 4 nitrogen and oxygen atoms in total. The number of anilines is 1. The van der Waals surface area contributed by atoms with E-state index in [4.69, 9.17) is 5.73 Å². The van der Waals surface area contributed by atoms with Crippen molar-refractivity contribution in [1.82, 2.24) is 4.98 Å². The zero-order valence-electron chi connectivity index (χ0n) is 13.1. The molecule has 0 aromatic carbocycles. The van der Waals surface area contributed by atoms with Crippen LogP contribution < -0.4 is 5.73 Å². The van der Waals surface area contributed by atoms with Crippen LogP contribution in [0.25, 0.3) is 17.2 Å². The number of hydrogen-bond donors (Lipinski definition) is 1. The standard InChI is InChI=1S/C18H14N4S/c1-9-4-5-12(23-9)6-13-10(2)14(7-19)17-16(13)11(3)15(8-20)18(21)22-17/h4-6H,1-3H3,(H2,21,22)/b13-6+. The maximum atomic E-state index is 9.50. The average molecular weight is 318 g/mol. The summed E-state index contributed by atoms with van der Waals surface area (Å²) < 4.78 is 0. The lowest BCUT2D eigenvalue weighted by Gasteiger charge is -2.10. The molecule has 0 bridgehead atoms. The average Bonchev–Trinajstić information content (AvgIpc) is 3.02. The van der Waals surface area contributed by atoms with Crippen molar-refractivity contribution in [1.29, 1.82) is 10.5 Å². The number of rotatable bonds is 1. The van der Waals surface area contributed by atoms with Crippen LogP contribution in [0.3, 0.4) is 0 Å². The van der Waals surface area contributed by atoms with Gasteiger partial charge in [0.05, 0.1) is 16.8 Å². The predicted molar refractivity (Wildman–Crippen MR) is 93.2 cm³/mol. The minimum Gasteiger partial charge on any atom is -0.383 e. The summed E-state index contributed by atoms with van der Waals surface area (Å²) in [5.41, 5.74) is 10.8. The van der Waals surface area contributed by atoms with Crippen molar-refractivity contribution in [2.24, 2.45) is 0 Å². The van der Waals surface area contributed by atoms with Crippen molar-refractivity contribution < 1.29 is 0 Å². The van der Waals surface area contributed by atoms with Crippen molar-refractivity contribution in [3.05, 3.63) is 49.8 Å². The number of nitrogens with two attached hydrogens (primary N) is 1. The Kier molecular flexibility index (Phi) is 3.52. The number of fused-ring (bicyclic) bond motifs is 1. The highest BCUT2D eigenvalue weighted by atomic mass is 32.1. The van der Waals surface area contributed by atoms with Crippen molar-refractivity contribution >= 4 is 34.4 Å². The van der Waals surface area contributed by atoms with Crippen LogP contribution >= 0.6 is 11.3 Å². The highest BCUT2D eigenvalue weighted by molar-refractivity contribution is 7.12. The molecule has 2 aromatic heterocycles. The molecule has 5 heteroatoms. The summed E-state index contributed by atoms with van der Waals surface area (Å²) in [5, 5.41) is 18.8. The minimum atomic E-state index is 0.178. The Hall–Kier alpha value is -2.89. The van der Waals surface area contributed by atoms with Gasteiger partial charge in [-0.3, -0.25) is 0 Å². The van der Waals surface area contributed by atoms with Crippen LogP contribution in [0.5, 0.6) is 0 Å². The van der Waals surface area contributed by atoms with Gasteiger partial charge in [0.25, 0.3) is 0 Å². The van der Waals surface area contributed by atoms with Gasteiger partial charge in [0.2, 0.25) is 0 Å². The highest BCUT2D eigenvalue weighted by Crippen LogP contribution is 2.44. The third-order valence-electron chi connectivity index (χ3n) is 4.03. The van der Waals surface area contributed by atoms with E-state index in [-0.39, 0.29) is 5.82 Å². The number of allylic oxidation sites excluding steroid dienone is 3. The quantitative estimate of drug-likeness (QED) is 0.858. The van der Waals surface area contributed by atoms with Crippen LogP contribution in [-0.4, -0.2) is 4.98 Å². The lowest BCUT2D eigenvalue weighted by atomic mass is 9.97. The van der Waals surface area contributed by atoms with E-state index >= 15 is 0 Å². The van der Waals surface area contributed by atoms with Crippen LogP contribution in [0.1, 0.15) is 39.1 Å². The number of nitrogen functional groups attached to an aromatic ring is 1.